The summed E-state index contributed by atoms with van der Waals surface area (Å²) < 4.78 is 18.5. The highest BCUT2D eigenvalue weighted by Gasteiger charge is 2.11. The van der Waals surface area contributed by atoms with Gasteiger partial charge in [-0.2, -0.15) is 0 Å². The van der Waals surface area contributed by atoms with Gasteiger partial charge in [0.15, 0.2) is 0 Å². The Hall–Kier alpha value is -2.89. The lowest BCUT2D eigenvalue weighted by atomic mass is 10.1. The molecule has 0 aliphatic rings. The zero-order chi connectivity index (χ0) is 18.8. The maximum absolute atomic E-state index is 13.5. The van der Waals surface area contributed by atoms with E-state index >= 15 is 0 Å². The van der Waals surface area contributed by atoms with Crippen molar-refractivity contribution in [1.82, 2.24) is 5.32 Å². The minimum atomic E-state index is -0.398. The van der Waals surface area contributed by atoms with Crippen LogP contribution in [0.3, 0.4) is 0 Å². The van der Waals surface area contributed by atoms with Crippen molar-refractivity contribution < 1.29 is 18.7 Å². The second kappa shape index (κ2) is 10.2. The van der Waals surface area contributed by atoms with Gasteiger partial charge in [-0.3, -0.25) is 4.79 Å². The molecule has 0 saturated heterocycles. The molecule has 2 rings (SSSR count). The van der Waals surface area contributed by atoms with E-state index in [1.165, 1.54) is 6.07 Å². The summed E-state index contributed by atoms with van der Waals surface area (Å²) in [6.07, 6.45) is 0.686. The molecule has 0 radical (unpaired) electrons. The van der Waals surface area contributed by atoms with E-state index < -0.39 is 5.97 Å². The van der Waals surface area contributed by atoms with Crippen molar-refractivity contribution in [3.05, 3.63) is 65.5 Å². The summed E-state index contributed by atoms with van der Waals surface area (Å²) in [5.74, 6) is -0.800. The molecule has 26 heavy (non-hydrogen) atoms. The van der Waals surface area contributed by atoms with Crippen LogP contribution in [0.2, 0.25) is 0 Å². The maximum Gasteiger partial charge on any atom is 0.340 e. The highest BCUT2D eigenvalue weighted by molar-refractivity contribution is 5.95. The van der Waals surface area contributed by atoms with Gasteiger partial charge >= 0.3 is 5.97 Å². The lowest BCUT2D eigenvalue weighted by molar-refractivity contribution is -0.120. The Morgan fingerprint density at radius 1 is 1.04 bits per heavy atom. The molecule has 2 aromatic rings. The van der Waals surface area contributed by atoms with Gasteiger partial charge in [0.05, 0.1) is 12.2 Å². The Kier molecular flexibility index (Phi) is 7.61. The summed E-state index contributed by atoms with van der Waals surface area (Å²) >= 11 is 0. The highest BCUT2D eigenvalue weighted by Crippen LogP contribution is 2.16. The molecule has 0 aliphatic heterocycles. The molecular weight excluding hydrogens is 335 g/mol. The second-order valence-electron chi connectivity index (χ2n) is 5.63. The van der Waals surface area contributed by atoms with Crippen molar-refractivity contribution in [2.24, 2.45) is 0 Å². The number of amides is 1. The van der Waals surface area contributed by atoms with Gasteiger partial charge in [0.2, 0.25) is 5.91 Å². The smallest absolute Gasteiger partial charge is 0.340 e. The number of nitrogens with one attached hydrogen (secondary N) is 2. The van der Waals surface area contributed by atoms with Gasteiger partial charge in [0, 0.05) is 25.2 Å². The van der Waals surface area contributed by atoms with Crippen LogP contribution in [0.5, 0.6) is 0 Å². The molecular formula is C20H23FN2O3. The number of carbonyl (C=O) groups excluding carboxylic acids is 2. The van der Waals surface area contributed by atoms with Crippen molar-refractivity contribution in [3.8, 4) is 0 Å². The number of halogens is 1. The first kappa shape index (κ1) is 19.4. The largest absolute Gasteiger partial charge is 0.462 e. The number of carbonyl (C=O) groups is 2. The lowest BCUT2D eigenvalue weighted by Crippen LogP contribution is -2.27. The minimum Gasteiger partial charge on any atom is -0.462 e. The summed E-state index contributed by atoms with van der Waals surface area (Å²) in [6, 6.07) is 13.5. The van der Waals surface area contributed by atoms with Crippen LogP contribution in [0, 0.1) is 5.82 Å². The molecule has 2 aromatic carbocycles. The van der Waals surface area contributed by atoms with Gasteiger partial charge in [0.1, 0.15) is 5.82 Å². The van der Waals surface area contributed by atoms with Gasteiger partial charge in [-0.25, -0.2) is 9.18 Å². The molecule has 0 saturated carbocycles. The van der Waals surface area contributed by atoms with Crippen molar-refractivity contribution in [1.29, 1.82) is 0 Å². The van der Waals surface area contributed by atoms with E-state index in [1.54, 1.807) is 49.4 Å². The van der Waals surface area contributed by atoms with Gasteiger partial charge in [-0.05, 0) is 37.1 Å². The number of hydrogen-bond acceptors (Lipinski definition) is 4. The van der Waals surface area contributed by atoms with Crippen LogP contribution in [-0.2, 0) is 16.0 Å². The average molecular weight is 358 g/mol. The van der Waals surface area contributed by atoms with E-state index in [0.717, 1.165) is 0 Å². The molecule has 0 bridgehead atoms. The summed E-state index contributed by atoms with van der Waals surface area (Å²) in [6.45, 7) is 2.80. The molecule has 6 heteroatoms. The first-order chi connectivity index (χ1) is 12.6. The Morgan fingerprint density at radius 3 is 2.54 bits per heavy atom. The maximum atomic E-state index is 13.5. The van der Waals surface area contributed by atoms with E-state index in [9.17, 15) is 14.0 Å². The molecule has 0 aromatic heterocycles. The topological polar surface area (TPSA) is 67.4 Å². The molecule has 0 aliphatic carbocycles. The molecule has 0 atom stereocenters. The SMILES string of the molecule is CCOC(=O)c1ccccc1NCCC(=O)NCCc1ccccc1F. The number of hydrogen-bond donors (Lipinski definition) is 2. The number of ether oxygens (including phenoxy) is 1. The predicted molar refractivity (Wildman–Crippen MR) is 98.6 cm³/mol. The fourth-order valence-electron chi connectivity index (χ4n) is 2.46. The minimum absolute atomic E-state index is 0.137. The Labute approximate surface area is 152 Å². The third-order valence-electron chi connectivity index (χ3n) is 3.76. The lowest BCUT2D eigenvalue weighted by Gasteiger charge is -2.11. The van der Waals surface area contributed by atoms with Gasteiger partial charge < -0.3 is 15.4 Å². The number of anilines is 1. The summed E-state index contributed by atoms with van der Waals surface area (Å²) in [5, 5.41) is 5.84. The van der Waals surface area contributed by atoms with Crippen LogP contribution in [0.1, 0.15) is 29.3 Å². The zero-order valence-corrected chi connectivity index (χ0v) is 14.8. The third-order valence-corrected chi connectivity index (χ3v) is 3.76. The van der Waals surface area contributed by atoms with Gasteiger partial charge in [0.25, 0.3) is 0 Å². The number of esters is 1. The fraction of sp³-hybridized carbons (Fsp3) is 0.300. The predicted octanol–water partition coefficient (Wildman–Crippen LogP) is 3.16. The fourth-order valence-corrected chi connectivity index (χ4v) is 2.46. The van der Waals surface area contributed by atoms with E-state index in [-0.39, 0.29) is 18.1 Å². The first-order valence-electron chi connectivity index (χ1n) is 8.62. The zero-order valence-electron chi connectivity index (χ0n) is 14.8. The second-order valence-corrected chi connectivity index (χ2v) is 5.63. The highest BCUT2D eigenvalue weighted by atomic mass is 19.1. The molecule has 0 unspecified atom stereocenters. The van der Waals surface area contributed by atoms with Crippen LogP contribution in [0.4, 0.5) is 10.1 Å². The van der Waals surface area contributed by atoms with E-state index in [4.69, 9.17) is 4.74 Å². The summed E-state index contributed by atoms with van der Waals surface area (Å²) in [7, 11) is 0. The molecule has 1 amide bonds. The number of rotatable bonds is 9. The van der Waals surface area contributed by atoms with Crippen LogP contribution < -0.4 is 10.6 Å². The van der Waals surface area contributed by atoms with Crippen LogP contribution in [0.15, 0.2) is 48.5 Å². The Morgan fingerprint density at radius 2 is 1.77 bits per heavy atom. The average Bonchev–Trinajstić information content (AvgIpc) is 2.64. The van der Waals surface area contributed by atoms with Gasteiger partial charge in [-0.1, -0.05) is 30.3 Å². The Bertz CT molecular complexity index is 749. The molecule has 138 valence electrons. The van der Waals surface area contributed by atoms with Crippen LogP contribution in [0.25, 0.3) is 0 Å². The van der Waals surface area contributed by atoms with Crippen molar-refractivity contribution in [2.75, 3.05) is 25.0 Å². The summed E-state index contributed by atoms with van der Waals surface area (Å²) in [4.78, 5) is 23.8. The monoisotopic (exact) mass is 358 g/mol. The Balaban J connectivity index is 1.75. The van der Waals surface area contributed by atoms with Crippen molar-refractivity contribution in [2.45, 2.75) is 19.8 Å². The molecule has 2 N–H and O–H groups in total. The number of para-hydroxylation sites is 1. The summed E-state index contributed by atoms with van der Waals surface area (Å²) in [5.41, 5.74) is 1.65. The normalized spacial score (nSPS) is 10.2. The third kappa shape index (κ3) is 5.88. The van der Waals surface area contributed by atoms with E-state index in [1.807, 2.05) is 0 Å². The van der Waals surface area contributed by atoms with E-state index in [2.05, 4.69) is 10.6 Å². The standard InChI is InChI=1S/C20H23FN2O3/c1-2-26-20(25)16-8-4-6-10-18(16)22-14-12-19(24)23-13-11-15-7-3-5-9-17(15)21/h3-10,22H,2,11-14H2,1H3,(H,23,24). The quantitative estimate of drug-likeness (QED) is 0.676. The molecule has 0 fully saturated rings. The van der Waals surface area contributed by atoms with Crippen LogP contribution in [-0.4, -0.2) is 31.6 Å². The van der Waals surface area contributed by atoms with Crippen molar-refractivity contribution in [3.63, 3.8) is 0 Å². The van der Waals surface area contributed by atoms with Gasteiger partial charge in [-0.15, -0.1) is 0 Å². The first-order valence-corrected chi connectivity index (χ1v) is 8.62. The van der Waals surface area contributed by atoms with E-state index in [0.29, 0.717) is 42.9 Å². The number of benzene rings is 2. The molecule has 0 spiro atoms. The van der Waals surface area contributed by atoms with Crippen LogP contribution >= 0.6 is 0 Å². The molecule has 5 nitrogen and oxygen atoms in total. The van der Waals surface area contributed by atoms with Crippen molar-refractivity contribution >= 4 is 17.6 Å². The molecule has 0 heterocycles.